The molecular weight excluding hydrogens is 296 g/mol. The lowest BCUT2D eigenvalue weighted by atomic mass is 10.2. The highest BCUT2D eigenvalue weighted by Crippen LogP contribution is 2.23. The van der Waals surface area contributed by atoms with Crippen LogP contribution in [-0.4, -0.2) is 16.6 Å². The SMILES string of the molecule is Cc1ccc(NC(=O)CCSc2nc3ccccc3o2)cc1. The first-order valence-corrected chi connectivity index (χ1v) is 8.04. The van der Waals surface area contributed by atoms with E-state index in [4.69, 9.17) is 4.42 Å². The number of hydrogen-bond donors (Lipinski definition) is 1. The van der Waals surface area contributed by atoms with Gasteiger partial charge in [-0.3, -0.25) is 4.79 Å². The Morgan fingerprint density at radius 1 is 1.18 bits per heavy atom. The first-order valence-electron chi connectivity index (χ1n) is 7.05. The maximum Gasteiger partial charge on any atom is 0.256 e. The van der Waals surface area contributed by atoms with E-state index < -0.39 is 0 Å². The van der Waals surface area contributed by atoms with E-state index >= 15 is 0 Å². The minimum absolute atomic E-state index is 0.00698. The molecule has 1 amide bonds. The monoisotopic (exact) mass is 312 g/mol. The highest BCUT2D eigenvalue weighted by atomic mass is 32.2. The van der Waals surface area contributed by atoms with Crippen LogP contribution in [-0.2, 0) is 4.79 Å². The maximum absolute atomic E-state index is 11.9. The van der Waals surface area contributed by atoms with E-state index in [-0.39, 0.29) is 5.91 Å². The second-order valence-corrected chi connectivity index (χ2v) is 6.01. The Kier molecular flexibility index (Phi) is 4.44. The largest absolute Gasteiger partial charge is 0.431 e. The van der Waals surface area contributed by atoms with Crippen LogP contribution in [0.15, 0.2) is 58.2 Å². The molecule has 0 unspecified atom stereocenters. The average Bonchev–Trinajstić information content (AvgIpc) is 2.92. The molecule has 0 fully saturated rings. The Morgan fingerprint density at radius 2 is 1.95 bits per heavy atom. The number of rotatable bonds is 5. The van der Waals surface area contributed by atoms with E-state index in [1.807, 2.05) is 55.5 Å². The van der Waals surface area contributed by atoms with Gasteiger partial charge < -0.3 is 9.73 Å². The van der Waals surface area contributed by atoms with Gasteiger partial charge in [-0.1, -0.05) is 41.6 Å². The molecule has 22 heavy (non-hydrogen) atoms. The smallest absolute Gasteiger partial charge is 0.256 e. The molecule has 0 spiro atoms. The summed E-state index contributed by atoms with van der Waals surface area (Å²) >= 11 is 1.45. The summed E-state index contributed by atoms with van der Waals surface area (Å²) in [6.07, 6.45) is 0.414. The summed E-state index contributed by atoms with van der Waals surface area (Å²) in [5.74, 6) is 0.623. The number of aryl methyl sites for hydroxylation is 1. The van der Waals surface area contributed by atoms with Gasteiger partial charge in [0.2, 0.25) is 5.91 Å². The number of para-hydroxylation sites is 2. The van der Waals surface area contributed by atoms with Crippen molar-refractivity contribution in [2.24, 2.45) is 0 Å². The molecule has 3 aromatic rings. The second kappa shape index (κ2) is 6.66. The number of oxazole rings is 1. The van der Waals surface area contributed by atoms with E-state index in [0.717, 1.165) is 16.8 Å². The van der Waals surface area contributed by atoms with Crippen molar-refractivity contribution in [1.82, 2.24) is 4.98 Å². The molecule has 0 aliphatic heterocycles. The fourth-order valence-electron chi connectivity index (χ4n) is 2.00. The number of benzene rings is 2. The quantitative estimate of drug-likeness (QED) is 0.715. The van der Waals surface area contributed by atoms with Gasteiger partial charge in [-0.2, -0.15) is 0 Å². The summed E-state index contributed by atoms with van der Waals surface area (Å²) in [5, 5.41) is 3.48. The van der Waals surface area contributed by atoms with Crippen LogP contribution < -0.4 is 5.32 Å². The molecule has 0 bridgehead atoms. The van der Waals surface area contributed by atoms with Crippen LogP contribution >= 0.6 is 11.8 Å². The molecule has 1 aromatic heterocycles. The number of carbonyl (C=O) groups is 1. The van der Waals surface area contributed by atoms with Crippen molar-refractivity contribution in [3.8, 4) is 0 Å². The molecule has 5 heteroatoms. The summed E-state index contributed by atoms with van der Waals surface area (Å²) in [6.45, 7) is 2.02. The van der Waals surface area contributed by atoms with Gasteiger partial charge in [-0.15, -0.1) is 0 Å². The number of fused-ring (bicyclic) bond motifs is 1. The van der Waals surface area contributed by atoms with Crippen molar-refractivity contribution >= 4 is 34.5 Å². The number of carbonyl (C=O) groups excluding carboxylic acids is 1. The first-order chi connectivity index (χ1) is 10.7. The molecule has 0 radical (unpaired) electrons. The third kappa shape index (κ3) is 3.68. The summed E-state index contributed by atoms with van der Waals surface area (Å²) in [4.78, 5) is 16.3. The predicted molar refractivity (Wildman–Crippen MR) is 89.2 cm³/mol. The number of amides is 1. The van der Waals surface area contributed by atoms with Gasteiger partial charge in [-0.25, -0.2) is 4.98 Å². The Labute approximate surface area is 132 Å². The Hall–Kier alpha value is -2.27. The van der Waals surface area contributed by atoms with E-state index in [1.165, 1.54) is 17.3 Å². The summed E-state index contributed by atoms with van der Waals surface area (Å²) < 4.78 is 5.60. The fourth-order valence-corrected chi connectivity index (χ4v) is 2.78. The van der Waals surface area contributed by atoms with E-state index in [9.17, 15) is 4.79 Å². The standard InChI is InChI=1S/C17H16N2O2S/c1-12-6-8-13(9-7-12)18-16(20)10-11-22-17-19-14-4-2-3-5-15(14)21-17/h2-9H,10-11H2,1H3,(H,18,20). The van der Waals surface area contributed by atoms with Crippen LogP contribution in [0, 0.1) is 6.92 Å². The summed E-state index contributed by atoms with van der Waals surface area (Å²) in [5.41, 5.74) is 3.61. The highest BCUT2D eigenvalue weighted by Gasteiger charge is 2.07. The third-order valence-corrected chi connectivity index (χ3v) is 3.99. The van der Waals surface area contributed by atoms with Crippen molar-refractivity contribution in [3.05, 3.63) is 54.1 Å². The molecule has 0 saturated heterocycles. The number of thioether (sulfide) groups is 1. The van der Waals surface area contributed by atoms with E-state index in [2.05, 4.69) is 10.3 Å². The lowest BCUT2D eigenvalue weighted by molar-refractivity contribution is -0.115. The minimum Gasteiger partial charge on any atom is -0.431 e. The molecule has 1 heterocycles. The van der Waals surface area contributed by atoms with Crippen LogP contribution in [0.2, 0.25) is 0 Å². The Morgan fingerprint density at radius 3 is 2.73 bits per heavy atom. The zero-order chi connectivity index (χ0) is 15.4. The van der Waals surface area contributed by atoms with Gasteiger partial charge in [0.25, 0.3) is 5.22 Å². The second-order valence-electron chi connectivity index (χ2n) is 4.96. The van der Waals surface area contributed by atoms with Crippen LogP contribution in [0.5, 0.6) is 0 Å². The third-order valence-electron chi connectivity index (χ3n) is 3.16. The zero-order valence-electron chi connectivity index (χ0n) is 12.2. The number of nitrogens with one attached hydrogen (secondary N) is 1. The number of nitrogens with zero attached hydrogens (tertiary/aromatic N) is 1. The van der Waals surface area contributed by atoms with Crippen molar-refractivity contribution in [2.75, 3.05) is 11.1 Å². The van der Waals surface area contributed by atoms with Crippen LogP contribution in [0.4, 0.5) is 5.69 Å². The molecule has 0 aliphatic rings. The Balaban J connectivity index is 1.49. The van der Waals surface area contributed by atoms with E-state index in [1.54, 1.807) is 0 Å². The molecule has 0 atom stereocenters. The molecule has 4 nitrogen and oxygen atoms in total. The predicted octanol–water partition coefficient (Wildman–Crippen LogP) is 4.26. The highest BCUT2D eigenvalue weighted by molar-refractivity contribution is 7.99. The topological polar surface area (TPSA) is 55.1 Å². The lowest BCUT2D eigenvalue weighted by Gasteiger charge is -2.04. The van der Waals surface area contributed by atoms with Gasteiger partial charge >= 0.3 is 0 Å². The number of hydrogen-bond acceptors (Lipinski definition) is 4. The van der Waals surface area contributed by atoms with Crippen LogP contribution in [0.25, 0.3) is 11.1 Å². The molecule has 0 aliphatic carbocycles. The normalized spacial score (nSPS) is 10.8. The molecule has 3 rings (SSSR count). The molecule has 1 N–H and O–H groups in total. The summed E-state index contributed by atoms with van der Waals surface area (Å²) in [6, 6.07) is 15.4. The minimum atomic E-state index is -0.00698. The van der Waals surface area contributed by atoms with Gasteiger partial charge in [-0.05, 0) is 31.2 Å². The first kappa shape index (κ1) is 14.7. The fraction of sp³-hybridized carbons (Fsp3) is 0.176. The molecular formula is C17H16N2O2S. The average molecular weight is 312 g/mol. The zero-order valence-corrected chi connectivity index (χ0v) is 13.0. The Bertz CT molecular complexity index is 748. The molecule has 0 saturated carbocycles. The van der Waals surface area contributed by atoms with Gasteiger partial charge in [0.05, 0.1) is 0 Å². The van der Waals surface area contributed by atoms with Crippen molar-refractivity contribution in [1.29, 1.82) is 0 Å². The summed E-state index contributed by atoms with van der Waals surface area (Å²) in [7, 11) is 0. The molecule has 112 valence electrons. The van der Waals surface area contributed by atoms with E-state index in [0.29, 0.717) is 17.4 Å². The van der Waals surface area contributed by atoms with Crippen molar-refractivity contribution in [3.63, 3.8) is 0 Å². The lowest BCUT2D eigenvalue weighted by Crippen LogP contribution is -2.12. The molecule has 2 aromatic carbocycles. The number of anilines is 1. The van der Waals surface area contributed by atoms with Crippen LogP contribution in [0.1, 0.15) is 12.0 Å². The van der Waals surface area contributed by atoms with Crippen LogP contribution in [0.3, 0.4) is 0 Å². The van der Waals surface area contributed by atoms with Gasteiger partial charge in [0, 0.05) is 17.9 Å². The van der Waals surface area contributed by atoms with Crippen molar-refractivity contribution < 1.29 is 9.21 Å². The maximum atomic E-state index is 11.9. The van der Waals surface area contributed by atoms with Gasteiger partial charge in [0.15, 0.2) is 5.58 Å². The number of aromatic nitrogens is 1. The van der Waals surface area contributed by atoms with Gasteiger partial charge in [0.1, 0.15) is 5.52 Å². The van der Waals surface area contributed by atoms with Crippen molar-refractivity contribution in [2.45, 2.75) is 18.6 Å².